The van der Waals surface area contributed by atoms with Gasteiger partial charge in [-0.1, -0.05) is 19.1 Å². The second-order valence-corrected chi connectivity index (χ2v) is 5.08. The molecule has 1 aliphatic rings. The molecule has 0 radical (unpaired) electrons. The molecule has 0 saturated carbocycles. The van der Waals surface area contributed by atoms with Crippen LogP contribution in [0, 0.1) is 11.7 Å². The minimum absolute atomic E-state index is 0.271. The lowest BCUT2D eigenvalue weighted by molar-refractivity contribution is -0.147. The fourth-order valence-electron chi connectivity index (χ4n) is 2.58. The van der Waals surface area contributed by atoms with Crippen LogP contribution in [-0.4, -0.2) is 23.3 Å². The van der Waals surface area contributed by atoms with Crippen molar-refractivity contribution in [2.24, 2.45) is 11.7 Å². The van der Waals surface area contributed by atoms with Crippen molar-refractivity contribution in [3.05, 3.63) is 35.6 Å². The largest absolute Gasteiger partial charge is 0.361 e. The van der Waals surface area contributed by atoms with Gasteiger partial charge in [0.25, 0.3) is 0 Å². The van der Waals surface area contributed by atoms with Gasteiger partial charge in [0.2, 0.25) is 0 Å². The molecule has 1 aromatic rings. The third-order valence-electron chi connectivity index (χ3n) is 3.52. The van der Waals surface area contributed by atoms with Crippen LogP contribution in [0.2, 0.25) is 0 Å². The van der Waals surface area contributed by atoms with Gasteiger partial charge >= 0.3 is 11.8 Å². The Morgan fingerprint density at radius 1 is 1.37 bits per heavy atom. The van der Waals surface area contributed by atoms with Gasteiger partial charge in [0, 0.05) is 6.54 Å². The number of hydrogen-bond acceptors (Lipinski definition) is 2. The van der Waals surface area contributed by atoms with Gasteiger partial charge in [0.1, 0.15) is 5.82 Å². The van der Waals surface area contributed by atoms with Crippen molar-refractivity contribution in [1.82, 2.24) is 4.90 Å². The van der Waals surface area contributed by atoms with Crippen LogP contribution in [0.25, 0.3) is 0 Å². The van der Waals surface area contributed by atoms with Gasteiger partial charge in [-0.05, 0) is 36.5 Å². The van der Waals surface area contributed by atoms with Crippen molar-refractivity contribution in [2.75, 3.05) is 6.54 Å². The highest BCUT2D eigenvalue weighted by Crippen LogP contribution is 2.33. The number of halogens is 1. The zero-order chi connectivity index (χ0) is 14.0. The van der Waals surface area contributed by atoms with E-state index in [0.29, 0.717) is 24.4 Å². The molecule has 5 heteroatoms. The van der Waals surface area contributed by atoms with Gasteiger partial charge < -0.3 is 10.6 Å². The number of amides is 2. The van der Waals surface area contributed by atoms with Crippen molar-refractivity contribution in [1.29, 1.82) is 0 Å². The molecule has 4 nitrogen and oxygen atoms in total. The Bertz CT molecular complexity index is 504. The topological polar surface area (TPSA) is 63.4 Å². The summed E-state index contributed by atoms with van der Waals surface area (Å²) in [6.07, 6.45) is 1.65. The number of carbonyl (C=O) groups excluding carboxylic acids is 2. The van der Waals surface area contributed by atoms with Crippen LogP contribution >= 0.6 is 0 Å². The van der Waals surface area contributed by atoms with E-state index in [1.54, 1.807) is 12.1 Å². The zero-order valence-electron chi connectivity index (χ0n) is 10.8. The smallest absolute Gasteiger partial charge is 0.312 e. The molecule has 0 bridgehead atoms. The highest BCUT2D eigenvalue weighted by molar-refractivity contribution is 6.34. The molecule has 2 N–H and O–H groups in total. The predicted octanol–water partition coefficient (Wildman–Crippen LogP) is 1.61. The summed E-state index contributed by atoms with van der Waals surface area (Å²) in [6.45, 7) is 2.49. The molecule has 0 aromatic heterocycles. The number of rotatable bonds is 1. The first kappa shape index (κ1) is 13.5. The number of carbonyl (C=O) groups is 2. The molecule has 0 aliphatic carbocycles. The summed E-state index contributed by atoms with van der Waals surface area (Å²) in [5, 5.41) is 0. The lowest BCUT2D eigenvalue weighted by Gasteiger charge is -2.38. The molecule has 0 unspecified atom stereocenters. The van der Waals surface area contributed by atoms with E-state index < -0.39 is 11.8 Å². The summed E-state index contributed by atoms with van der Waals surface area (Å²) >= 11 is 0. The van der Waals surface area contributed by atoms with Gasteiger partial charge in [-0.25, -0.2) is 4.39 Å². The van der Waals surface area contributed by atoms with E-state index in [0.717, 1.165) is 6.42 Å². The van der Waals surface area contributed by atoms with E-state index in [-0.39, 0.29) is 11.9 Å². The molecular weight excluding hydrogens is 247 g/mol. The summed E-state index contributed by atoms with van der Waals surface area (Å²) in [5.41, 5.74) is 5.79. The SMILES string of the molecule is C[C@H]1CC[C@H](c2cccc(F)c2)N(C(=O)C(N)=O)C1. The lowest BCUT2D eigenvalue weighted by atomic mass is 9.90. The van der Waals surface area contributed by atoms with Crippen molar-refractivity contribution in [3.8, 4) is 0 Å². The Morgan fingerprint density at radius 3 is 2.74 bits per heavy atom. The first-order valence-electron chi connectivity index (χ1n) is 6.35. The Kier molecular flexibility index (Phi) is 3.83. The molecular formula is C14H17FN2O2. The molecule has 102 valence electrons. The Labute approximate surface area is 111 Å². The lowest BCUT2D eigenvalue weighted by Crippen LogP contribution is -2.46. The minimum Gasteiger partial charge on any atom is -0.361 e. The average Bonchev–Trinajstić information content (AvgIpc) is 2.37. The molecule has 1 fully saturated rings. The summed E-state index contributed by atoms with van der Waals surface area (Å²) < 4.78 is 13.3. The fourth-order valence-corrected chi connectivity index (χ4v) is 2.58. The van der Waals surface area contributed by atoms with Crippen LogP contribution in [0.4, 0.5) is 4.39 Å². The van der Waals surface area contributed by atoms with Crippen molar-refractivity contribution < 1.29 is 14.0 Å². The summed E-state index contributed by atoms with van der Waals surface area (Å²) in [5.74, 6) is -1.69. The van der Waals surface area contributed by atoms with Gasteiger partial charge in [-0.2, -0.15) is 0 Å². The summed E-state index contributed by atoms with van der Waals surface area (Å²) in [4.78, 5) is 24.4. The van der Waals surface area contributed by atoms with Crippen molar-refractivity contribution >= 4 is 11.8 Å². The molecule has 2 amide bonds. The first-order chi connectivity index (χ1) is 8.99. The van der Waals surface area contributed by atoms with Crippen molar-refractivity contribution in [2.45, 2.75) is 25.8 Å². The van der Waals surface area contributed by atoms with Crippen LogP contribution in [0.3, 0.4) is 0 Å². The minimum atomic E-state index is -0.962. The van der Waals surface area contributed by atoms with Crippen LogP contribution in [0.5, 0.6) is 0 Å². The van der Waals surface area contributed by atoms with Crippen LogP contribution in [0.1, 0.15) is 31.4 Å². The first-order valence-corrected chi connectivity index (χ1v) is 6.35. The molecule has 1 saturated heterocycles. The third-order valence-corrected chi connectivity index (χ3v) is 3.52. The molecule has 1 aromatic carbocycles. The van der Waals surface area contributed by atoms with Crippen LogP contribution in [-0.2, 0) is 9.59 Å². The highest BCUT2D eigenvalue weighted by Gasteiger charge is 2.33. The number of benzene rings is 1. The van der Waals surface area contributed by atoms with E-state index in [1.165, 1.54) is 17.0 Å². The molecule has 19 heavy (non-hydrogen) atoms. The summed E-state index contributed by atoms with van der Waals surface area (Å²) in [6, 6.07) is 5.87. The van der Waals surface area contributed by atoms with E-state index in [1.807, 2.05) is 6.92 Å². The standard InChI is InChI=1S/C14H17FN2O2/c1-9-5-6-12(10-3-2-4-11(15)7-10)17(8-9)14(19)13(16)18/h2-4,7,9,12H,5-6,8H2,1H3,(H2,16,18)/t9-,12+/m0/s1. The van der Waals surface area contributed by atoms with E-state index in [4.69, 9.17) is 5.73 Å². The number of likely N-dealkylation sites (tertiary alicyclic amines) is 1. The molecule has 1 aliphatic heterocycles. The van der Waals surface area contributed by atoms with Crippen molar-refractivity contribution in [3.63, 3.8) is 0 Å². The van der Waals surface area contributed by atoms with Gasteiger partial charge in [-0.15, -0.1) is 0 Å². The monoisotopic (exact) mass is 264 g/mol. The number of piperidine rings is 1. The van der Waals surface area contributed by atoms with Crippen LogP contribution in [0.15, 0.2) is 24.3 Å². The maximum atomic E-state index is 13.3. The van der Waals surface area contributed by atoms with Gasteiger partial charge in [0.05, 0.1) is 6.04 Å². The van der Waals surface area contributed by atoms with Crippen LogP contribution < -0.4 is 5.73 Å². The maximum absolute atomic E-state index is 13.3. The number of hydrogen-bond donors (Lipinski definition) is 1. The molecule has 2 rings (SSSR count). The Morgan fingerprint density at radius 2 is 2.11 bits per heavy atom. The van der Waals surface area contributed by atoms with E-state index >= 15 is 0 Å². The third kappa shape index (κ3) is 2.92. The zero-order valence-corrected chi connectivity index (χ0v) is 10.8. The Hall–Kier alpha value is -1.91. The predicted molar refractivity (Wildman–Crippen MR) is 68.4 cm³/mol. The summed E-state index contributed by atoms with van der Waals surface area (Å²) in [7, 11) is 0. The second-order valence-electron chi connectivity index (χ2n) is 5.08. The number of nitrogens with zero attached hydrogens (tertiary/aromatic N) is 1. The van der Waals surface area contributed by atoms with Gasteiger partial charge in [-0.3, -0.25) is 9.59 Å². The van der Waals surface area contributed by atoms with E-state index in [2.05, 4.69) is 0 Å². The molecule has 2 atom stereocenters. The number of primary amides is 1. The average molecular weight is 264 g/mol. The van der Waals surface area contributed by atoms with Gasteiger partial charge in [0.15, 0.2) is 0 Å². The quantitative estimate of drug-likeness (QED) is 0.783. The normalized spacial score (nSPS) is 23.2. The van der Waals surface area contributed by atoms with E-state index in [9.17, 15) is 14.0 Å². The molecule has 1 heterocycles. The Balaban J connectivity index is 2.30. The fraction of sp³-hybridized carbons (Fsp3) is 0.429. The highest BCUT2D eigenvalue weighted by atomic mass is 19.1. The maximum Gasteiger partial charge on any atom is 0.312 e. The number of nitrogens with two attached hydrogens (primary N) is 1. The molecule has 0 spiro atoms. The second kappa shape index (κ2) is 5.38.